The minimum Gasteiger partial charge on any atom is -0.335 e. The van der Waals surface area contributed by atoms with Crippen LogP contribution in [0.2, 0.25) is 0 Å². The molecule has 3 aromatic rings. The highest BCUT2D eigenvalue weighted by Gasteiger charge is 2.37. The Labute approximate surface area is 202 Å². The van der Waals surface area contributed by atoms with E-state index in [2.05, 4.69) is 57.0 Å². The number of hydrogen-bond acceptors (Lipinski definition) is 3. The fraction of sp³-hybridized carbons (Fsp3) is 0.414. The first-order valence-corrected chi connectivity index (χ1v) is 13.4. The summed E-state index contributed by atoms with van der Waals surface area (Å²) in [6, 6.07) is 23.5. The van der Waals surface area contributed by atoms with E-state index < -0.39 is 0 Å². The van der Waals surface area contributed by atoms with Crippen LogP contribution in [0.5, 0.6) is 0 Å². The molecule has 2 atom stereocenters. The van der Waals surface area contributed by atoms with E-state index in [0.717, 1.165) is 44.6 Å². The molecule has 1 aromatic heterocycles. The summed E-state index contributed by atoms with van der Waals surface area (Å²) in [5.74, 6) is 1.12. The molecule has 2 aromatic carbocycles. The van der Waals surface area contributed by atoms with Crippen LogP contribution < -0.4 is 0 Å². The van der Waals surface area contributed by atoms with E-state index in [1.807, 2.05) is 30.3 Å². The number of benzene rings is 2. The number of hydrogen-bond donors (Lipinski definition) is 0. The van der Waals surface area contributed by atoms with Crippen LogP contribution in [0.3, 0.4) is 0 Å². The quantitative estimate of drug-likeness (QED) is 0.407. The monoisotopic (exact) mass is 458 g/mol. The van der Waals surface area contributed by atoms with Crippen molar-refractivity contribution in [3.63, 3.8) is 0 Å². The minimum atomic E-state index is 0.214. The highest BCUT2D eigenvalue weighted by atomic mass is 32.1. The molecule has 2 heterocycles. The lowest BCUT2D eigenvalue weighted by Crippen LogP contribution is -2.45. The Morgan fingerprint density at radius 3 is 2.33 bits per heavy atom. The molecule has 4 heteroatoms. The Morgan fingerprint density at radius 1 is 0.909 bits per heavy atom. The van der Waals surface area contributed by atoms with Gasteiger partial charge < -0.3 is 4.90 Å². The lowest BCUT2D eigenvalue weighted by Gasteiger charge is -2.37. The van der Waals surface area contributed by atoms with E-state index in [1.54, 1.807) is 11.3 Å². The second kappa shape index (κ2) is 10.7. The van der Waals surface area contributed by atoms with Crippen molar-refractivity contribution in [2.24, 2.45) is 5.92 Å². The topological polar surface area (TPSA) is 23.6 Å². The van der Waals surface area contributed by atoms with Crippen molar-refractivity contribution in [2.45, 2.75) is 50.6 Å². The van der Waals surface area contributed by atoms with Crippen LogP contribution in [0.1, 0.15) is 59.5 Å². The van der Waals surface area contributed by atoms with Crippen LogP contribution in [0.4, 0.5) is 0 Å². The third-order valence-corrected chi connectivity index (χ3v) is 8.19. The fourth-order valence-corrected chi connectivity index (χ4v) is 6.44. The van der Waals surface area contributed by atoms with Crippen molar-refractivity contribution in [3.05, 3.63) is 94.2 Å². The zero-order chi connectivity index (χ0) is 22.5. The van der Waals surface area contributed by atoms with Gasteiger partial charge in [0, 0.05) is 43.7 Å². The largest absolute Gasteiger partial charge is 0.335 e. The van der Waals surface area contributed by atoms with Crippen LogP contribution in [-0.2, 0) is 6.54 Å². The molecule has 0 radical (unpaired) electrons. The average Bonchev–Trinajstić information content (AvgIpc) is 3.54. The number of rotatable bonds is 7. The molecule has 2 unspecified atom stereocenters. The van der Waals surface area contributed by atoms with Gasteiger partial charge in [-0.25, -0.2) is 0 Å². The molecule has 1 saturated heterocycles. The molecule has 0 N–H and O–H groups in total. The second-order valence-corrected chi connectivity index (χ2v) is 10.5. The van der Waals surface area contributed by atoms with E-state index >= 15 is 0 Å². The Morgan fingerprint density at radius 2 is 1.64 bits per heavy atom. The molecule has 1 aliphatic carbocycles. The lowest BCUT2D eigenvalue weighted by atomic mass is 9.87. The van der Waals surface area contributed by atoms with Crippen LogP contribution >= 0.6 is 11.3 Å². The number of amides is 1. The summed E-state index contributed by atoms with van der Waals surface area (Å²) in [4.78, 5) is 18.6. The number of likely N-dealkylation sites (tertiary alicyclic amines) is 1. The van der Waals surface area contributed by atoms with Crippen LogP contribution in [0, 0.1) is 5.92 Å². The van der Waals surface area contributed by atoms with Gasteiger partial charge in [0.25, 0.3) is 5.91 Å². The van der Waals surface area contributed by atoms with Gasteiger partial charge in [-0.05, 0) is 58.8 Å². The maximum absolute atomic E-state index is 13.7. The Hall–Kier alpha value is -2.43. The molecular formula is C29H34N2OS. The molecule has 1 amide bonds. The van der Waals surface area contributed by atoms with Crippen LogP contribution in [-0.4, -0.2) is 41.4 Å². The number of thiophene rings is 1. The number of carbonyl (C=O) groups excluding carboxylic acids is 1. The summed E-state index contributed by atoms with van der Waals surface area (Å²) in [6.45, 7) is 3.95. The molecule has 2 aliphatic rings. The Bertz CT molecular complexity index is 999. The van der Waals surface area contributed by atoms with E-state index in [9.17, 15) is 4.79 Å². The van der Waals surface area contributed by atoms with Gasteiger partial charge in [0.15, 0.2) is 0 Å². The molecule has 0 bridgehead atoms. The maximum atomic E-state index is 13.7. The van der Waals surface area contributed by atoms with Gasteiger partial charge in [0.1, 0.15) is 0 Å². The maximum Gasteiger partial charge on any atom is 0.254 e. The third-order valence-electron chi connectivity index (χ3n) is 7.46. The molecule has 2 fully saturated rings. The van der Waals surface area contributed by atoms with Crippen molar-refractivity contribution in [1.82, 2.24) is 9.80 Å². The van der Waals surface area contributed by atoms with E-state index in [4.69, 9.17) is 0 Å². The van der Waals surface area contributed by atoms with E-state index in [1.165, 1.54) is 30.4 Å². The van der Waals surface area contributed by atoms with Crippen molar-refractivity contribution in [3.8, 4) is 0 Å². The Balaban J connectivity index is 1.40. The SMILES string of the molecule is O=C(c1ccccc1)N(CC1CN(Cc2ccsc2)CC1c1ccccc1)C1CCCCC1. The molecule has 172 valence electrons. The smallest absolute Gasteiger partial charge is 0.254 e. The summed E-state index contributed by atoms with van der Waals surface area (Å²) >= 11 is 1.77. The molecular weight excluding hydrogens is 424 g/mol. The van der Waals surface area contributed by atoms with Crippen molar-refractivity contribution in [1.29, 1.82) is 0 Å². The Kier molecular flexibility index (Phi) is 7.23. The lowest BCUT2D eigenvalue weighted by molar-refractivity contribution is 0.0588. The first kappa shape index (κ1) is 22.4. The van der Waals surface area contributed by atoms with Crippen molar-refractivity contribution in [2.75, 3.05) is 19.6 Å². The third kappa shape index (κ3) is 5.39. The summed E-state index contributed by atoms with van der Waals surface area (Å²) in [7, 11) is 0. The predicted molar refractivity (Wildman–Crippen MR) is 137 cm³/mol. The summed E-state index contributed by atoms with van der Waals surface area (Å²) in [5, 5.41) is 4.43. The van der Waals surface area contributed by atoms with Gasteiger partial charge in [-0.2, -0.15) is 11.3 Å². The van der Waals surface area contributed by atoms with Gasteiger partial charge in [0.2, 0.25) is 0 Å². The van der Waals surface area contributed by atoms with E-state index in [0.29, 0.717) is 17.9 Å². The predicted octanol–water partition coefficient (Wildman–Crippen LogP) is 6.44. The average molecular weight is 459 g/mol. The van der Waals surface area contributed by atoms with Crippen LogP contribution in [0.25, 0.3) is 0 Å². The van der Waals surface area contributed by atoms with Crippen molar-refractivity contribution < 1.29 is 4.79 Å². The van der Waals surface area contributed by atoms with Crippen molar-refractivity contribution >= 4 is 17.2 Å². The zero-order valence-electron chi connectivity index (χ0n) is 19.3. The van der Waals surface area contributed by atoms with E-state index in [-0.39, 0.29) is 5.91 Å². The second-order valence-electron chi connectivity index (χ2n) is 9.72. The molecule has 3 nitrogen and oxygen atoms in total. The molecule has 1 saturated carbocycles. The summed E-state index contributed by atoms with van der Waals surface area (Å²) < 4.78 is 0. The normalized spacial score (nSPS) is 21.8. The summed E-state index contributed by atoms with van der Waals surface area (Å²) in [6.07, 6.45) is 6.05. The van der Waals surface area contributed by atoms with Crippen LogP contribution in [0.15, 0.2) is 77.5 Å². The molecule has 5 rings (SSSR count). The first-order chi connectivity index (χ1) is 16.3. The standard InChI is InChI=1S/C29H34N2OS/c32-29(25-12-6-2-7-13-25)31(27-14-8-3-9-15-27)20-26-19-30(18-23-16-17-33-22-23)21-28(26)24-10-4-1-5-11-24/h1-2,4-7,10-13,16-17,22,26-28H,3,8-9,14-15,18-21H2. The fourth-order valence-electron chi connectivity index (χ4n) is 5.78. The highest BCUT2D eigenvalue weighted by molar-refractivity contribution is 7.07. The zero-order valence-corrected chi connectivity index (χ0v) is 20.1. The van der Waals surface area contributed by atoms with Gasteiger partial charge in [-0.3, -0.25) is 9.69 Å². The highest BCUT2D eigenvalue weighted by Crippen LogP contribution is 2.36. The molecule has 0 spiro atoms. The van der Waals surface area contributed by atoms with Gasteiger partial charge in [-0.1, -0.05) is 67.8 Å². The van der Waals surface area contributed by atoms with Gasteiger partial charge in [-0.15, -0.1) is 0 Å². The first-order valence-electron chi connectivity index (χ1n) is 12.4. The molecule has 1 aliphatic heterocycles. The number of carbonyl (C=O) groups is 1. The van der Waals surface area contributed by atoms with Gasteiger partial charge in [0.05, 0.1) is 0 Å². The molecule has 33 heavy (non-hydrogen) atoms. The van der Waals surface area contributed by atoms with Gasteiger partial charge >= 0.3 is 0 Å². The minimum absolute atomic E-state index is 0.214. The number of nitrogens with zero attached hydrogens (tertiary/aromatic N) is 2. The summed E-state index contributed by atoms with van der Waals surface area (Å²) in [5.41, 5.74) is 3.63.